The smallest absolute Gasteiger partial charge is 0.255 e. The van der Waals surface area contributed by atoms with Gasteiger partial charge in [-0.2, -0.15) is 0 Å². The summed E-state index contributed by atoms with van der Waals surface area (Å²) in [6.45, 7) is 2.57. The quantitative estimate of drug-likeness (QED) is 0.609. The van der Waals surface area contributed by atoms with E-state index in [-0.39, 0.29) is 24.3 Å². The normalized spacial score (nSPS) is 27.9. The number of hydrogen-bond acceptors (Lipinski definition) is 6. The van der Waals surface area contributed by atoms with E-state index in [1.165, 1.54) is 0 Å². The molecule has 0 spiro atoms. The first kappa shape index (κ1) is 19.0. The third kappa shape index (κ3) is 3.55. The summed E-state index contributed by atoms with van der Waals surface area (Å²) < 4.78 is 0. The molecule has 3 heterocycles. The molecule has 3 amide bonds. The molecule has 4 rings (SSSR count). The fourth-order valence-corrected chi connectivity index (χ4v) is 4.47. The van der Waals surface area contributed by atoms with Gasteiger partial charge < -0.3 is 15.3 Å². The second-order valence-corrected chi connectivity index (χ2v) is 7.93. The van der Waals surface area contributed by atoms with Gasteiger partial charge in [0.15, 0.2) is 0 Å². The number of carbonyl (C=O) groups is 3. The van der Waals surface area contributed by atoms with Crippen LogP contribution < -0.4 is 10.6 Å². The Balaban J connectivity index is 1.46. The fraction of sp³-hybridized carbons (Fsp3) is 0.550. The number of β-amino-alcohol motifs (C(OH)–C–C–N with tert-alkyl or cyclic N) is 1. The van der Waals surface area contributed by atoms with Crippen molar-refractivity contribution in [2.75, 3.05) is 20.1 Å². The predicted molar refractivity (Wildman–Crippen MR) is 101 cm³/mol. The van der Waals surface area contributed by atoms with Crippen molar-refractivity contribution in [1.82, 2.24) is 20.4 Å². The van der Waals surface area contributed by atoms with Crippen LogP contribution >= 0.6 is 0 Å². The van der Waals surface area contributed by atoms with E-state index in [1.54, 1.807) is 4.90 Å². The molecular formula is C20H26N4O4. The van der Waals surface area contributed by atoms with Crippen LogP contribution in [0.5, 0.6) is 0 Å². The Hall–Kier alpha value is -2.29. The van der Waals surface area contributed by atoms with Gasteiger partial charge >= 0.3 is 0 Å². The first-order chi connectivity index (χ1) is 13.4. The lowest BCUT2D eigenvalue weighted by Gasteiger charge is -2.35. The number of piperidine rings is 2. The minimum Gasteiger partial charge on any atom is -0.390 e. The van der Waals surface area contributed by atoms with Crippen molar-refractivity contribution in [2.45, 2.75) is 50.5 Å². The number of carbonyl (C=O) groups excluding carboxylic acids is 3. The molecule has 3 aliphatic heterocycles. The molecule has 0 bridgehead atoms. The van der Waals surface area contributed by atoms with E-state index in [0.29, 0.717) is 31.6 Å². The maximum atomic E-state index is 12.8. The molecule has 2 fully saturated rings. The summed E-state index contributed by atoms with van der Waals surface area (Å²) in [5, 5.41) is 15.7. The lowest BCUT2D eigenvalue weighted by atomic mass is 10.0. The number of fused-ring (bicyclic) bond motifs is 1. The SMILES string of the molecule is CN(Cc1ccc2c(c1)CN(C1CCC(=O)NC1=O)C2=O)C1CCNCC1O. The Labute approximate surface area is 163 Å². The molecule has 3 aliphatic rings. The Morgan fingerprint density at radius 2 is 2.07 bits per heavy atom. The summed E-state index contributed by atoms with van der Waals surface area (Å²) in [4.78, 5) is 40.0. The number of benzene rings is 1. The maximum Gasteiger partial charge on any atom is 0.255 e. The molecule has 2 saturated heterocycles. The van der Waals surface area contributed by atoms with Crippen molar-refractivity contribution in [2.24, 2.45) is 0 Å². The number of aliphatic hydroxyl groups is 1. The van der Waals surface area contributed by atoms with Crippen molar-refractivity contribution in [3.8, 4) is 0 Å². The highest BCUT2D eigenvalue weighted by atomic mass is 16.3. The second-order valence-electron chi connectivity index (χ2n) is 7.93. The number of amides is 3. The van der Waals surface area contributed by atoms with Crippen LogP contribution in [0.4, 0.5) is 0 Å². The van der Waals surface area contributed by atoms with Gasteiger partial charge in [-0.25, -0.2) is 0 Å². The van der Waals surface area contributed by atoms with Gasteiger partial charge in [0.05, 0.1) is 6.10 Å². The second kappa shape index (κ2) is 7.62. The molecule has 0 aliphatic carbocycles. The summed E-state index contributed by atoms with van der Waals surface area (Å²) in [5.41, 5.74) is 2.61. The molecule has 3 N–H and O–H groups in total. The maximum absolute atomic E-state index is 12.8. The molecule has 28 heavy (non-hydrogen) atoms. The highest BCUT2D eigenvalue weighted by Gasteiger charge is 2.39. The summed E-state index contributed by atoms with van der Waals surface area (Å²) in [5.74, 6) is -0.828. The van der Waals surface area contributed by atoms with Gasteiger partial charge in [0.2, 0.25) is 11.8 Å². The van der Waals surface area contributed by atoms with Gasteiger partial charge in [-0.15, -0.1) is 0 Å². The van der Waals surface area contributed by atoms with Gasteiger partial charge in [-0.1, -0.05) is 12.1 Å². The van der Waals surface area contributed by atoms with E-state index in [1.807, 2.05) is 25.2 Å². The molecule has 0 aromatic heterocycles. The lowest BCUT2D eigenvalue weighted by molar-refractivity contribution is -0.136. The number of nitrogens with zero attached hydrogens (tertiary/aromatic N) is 2. The molecule has 0 radical (unpaired) electrons. The Bertz CT molecular complexity index is 811. The average Bonchev–Trinajstić information content (AvgIpc) is 2.98. The van der Waals surface area contributed by atoms with Gasteiger partial charge in [-0.05, 0) is 43.6 Å². The van der Waals surface area contributed by atoms with Crippen LogP contribution in [-0.4, -0.2) is 71.0 Å². The highest BCUT2D eigenvalue weighted by molar-refractivity contribution is 6.05. The summed E-state index contributed by atoms with van der Waals surface area (Å²) in [6, 6.07) is 5.30. The lowest BCUT2D eigenvalue weighted by Crippen LogP contribution is -2.52. The Morgan fingerprint density at radius 1 is 1.25 bits per heavy atom. The monoisotopic (exact) mass is 386 g/mol. The third-order valence-corrected chi connectivity index (χ3v) is 6.00. The Morgan fingerprint density at radius 3 is 2.82 bits per heavy atom. The van der Waals surface area contributed by atoms with E-state index < -0.39 is 18.1 Å². The number of imide groups is 1. The average molecular weight is 386 g/mol. The molecule has 8 nitrogen and oxygen atoms in total. The van der Waals surface area contributed by atoms with Crippen LogP contribution in [-0.2, 0) is 22.7 Å². The van der Waals surface area contributed by atoms with Crippen LogP contribution in [0.25, 0.3) is 0 Å². The highest BCUT2D eigenvalue weighted by Crippen LogP contribution is 2.28. The van der Waals surface area contributed by atoms with Gasteiger partial charge in [0.1, 0.15) is 6.04 Å². The molecule has 8 heteroatoms. The predicted octanol–water partition coefficient (Wildman–Crippen LogP) is -0.398. The largest absolute Gasteiger partial charge is 0.390 e. The summed E-state index contributed by atoms with van der Waals surface area (Å²) in [6.07, 6.45) is 1.13. The first-order valence-corrected chi connectivity index (χ1v) is 9.79. The van der Waals surface area contributed by atoms with Crippen LogP contribution in [0.2, 0.25) is 0 Å². The number of aliphatic hydroxyl groups excluding tert-OH is 1. The van der Waals surface area contributed by atoms with Crippen LogP contribution in [0.15, 0.2) is 18.2 Å². The van der Waals surface area contributed by atoms with Gasteiger partial charge in [0.25, 0.3) is 5.91 Å². The molecule has 3 atom stereocenters. The van der Waals surface area contributed by atoms with Crippen molar-refractivity contribution in [3.63, 3.8) is 0 Å². The van der Waals surface area contributed by atoms with E-state index in [2.05, 4.69) is 15.5 Å². The topological polar surface area (TPSA) is 102 Å². The van der Waals surface area contributed by atoms with Crippen LogP contribution in [0, 0.1) is 0 Å². The zero-order valence-corrected chi connectivity index (χ0v) is 16.0. The van der Waals surface area contributed by atoms with Gasteiger partial charge in [0, 0.05) is 37.7 Å². The zero-order valence-electron chi connectivity index (χ0n) is 16.0. The zero-order chi connectivity index (χ0) is 19.8. The standard InChI is InChI=1S/C20H26N4O4/c1-23(15-6-7-21-9-17(15)25)10-12-2-3-14-13(8-12)11-24(20(14)28)16-4-5-18(26)22-19(16)27/h2-3,8,15-17,21,25H,4-7,9-11H2,1H3,(H,22,26,27). The Kier molecular flexibility index (Phi) is 5.18. The first-order valence-electron chi connectivity index (χ1n) is 9.79. The molecule has 0 saturated carbocycles. The van der Waals surface area contributed by atoms with E-state index in [9.17, 15) is 19.5 Å². The summed E-state index contributed by atoms with van der Waals surface area (Å²) >= 11 is 0. The number of nitrogens with one attached hydrogen (secondary N) is 2. The van der Waals surface area contributed by atoms with E-state index in [0.717, 1.165) is 24.1 Å². The van der Waals surface area contributed by atoms with Crippen molar-refractivity contribution in [3.05, 3.63) is 34.9 Å². The molecule has 150 valence electrons. The van der Waals surface area contributed by atoms with Crippen molar-refractivity contribution < 1.29 is 19.5 Å². The van der Waals surface area contributed by atoms with Crippen LogP contribution in [0.3, 0.4) is 0 Å². The molecular weight excluding hydrogens is 360 g/mol. The van der Waals surface area contributed by atoms with Crippen molar-refractivity contribution >= 4 is 17.7 Å². The third-order valence-electron chi connectivity index (χ3n) is 6.00. The number of hydrogen-bond donors (Lipinski definition) is 3. The molecule has 1 aromatic carbocycles. The summed E-state index contributed by atoms with van der Waals surface area (Å²) in [7, 11) is 2.01. The molecule has 3 unspecified atom stereocenters. The van der Waals surface area contributed by atoms with Crippen molar-refractivity contribution in [1.29, 1.82) is 0 Å². The number of rotatable bonds is 4. The minimum atomic E-state index is -0.589. The fourth-order valence-electron chi connectivity index (χ4n) is 4.47. The van der Waals surface area contributed by atoms with E-state index >= 15 is 0 Å². The van der Waals surface area contributed by atoms with E-state index in [4.69, 9.17) is 0 Å². The van der Waals surface area contributed by atoms with Gasteiger partial charge in [-0.3, -0.25) is 24.6 Å². The minimum absolute atomic E-state index is 0.108. The number of likely N-dealkylation sites (N-methyl/N-ethyl adjacent to an activating group) is 1. The van der Waals surface area contributed by atoms with Crippen LogP contribution in [0.1, 0.15) is 40.7 Å². The molecule has 1 aromatic rings.